The van der Waals surface area contributed by atoms with Gasteiger partial charge in [0.15, 0.2) is 0 Å². The molecule has 4 heterocycles. The summed E-state index contributed by atoms with van der Waals surface area (Å²) in [6.07, 6.45) is -0.0716. The van der Waals surface area contributed by atoms with Crippen LogP contribution in [-0.2, 0) is 13.6 Å². The number of H-pyrrole nitrogens is 1. The number of aromatic amines is 1. The maximum atomic E-state index is 13.4. The van der Waals surface area contributed by atoms with E-state index in [1.165, 1.54) is 22.2 Å². The van der Waals surface area contributed by atoms with Crippen molar-refractivity contribution in [1.29, 1.82) is 0 Å². The van der Waals surface area contributed by atoms with E-state index >= 15 is 0 Å². The van der Waals surface area contributed by atoms with Crippen molar-refractivity contribution < 1.29 is 13.2 Å². The first-order valence-electron chi connectivity index (χ1n) is 11.4. The topological polar surface area (TPSA) is 66.3 Å². The molecule has 10 heteroatoms. The van der Waals surface area contributed by atoms with E-state index in [1.807, 2.05) is 37.3 Å². The summed E-state index contributed by atoms with van der Waals surface area (Å²) >= 11 is 0. The molecule has 1 aliphatic rings. The van der Waals surface area contributed by atoms with Crippen molar-refractivity contribution in [3.8, 4) is 22.3 Å². The Morgan fingerprint density at radius 2 is 1.69 bits per heavy atom. The van der Waals surface area contributed by atoms with E-state index in [0.717, 1.165) is 22.3 Å². The number of pyridine rings is 2. The molecule has 36 heavy (non-hydrogen) atoms. The van der Waals surface area contributed by atoms with Crippen LogP contribution in [0.5, 0.6) is 0 Å². The number of aromatic nitrogens is 3. The zero-order valence-electron chi connectivity index (χ0n) is 19.9. The van der Waals surface area contributed by atoms with Crippen molar-refractivity contribution in [2.24, 2.45) is 7.05 Å². The third-order valence-electron chi connectivity index (χ3n) is 6.46. The van der Waals surface area contributed by atoms with Gasteiger partial charge in [-0.1, -0.05) is 30.3 Å². The predicted molar refractivity (Wildman–Crippen MR) is 133 cm³/mol. The highest BCUT2D eigenvalue weighted by atomic mass is 19.4. The second kappa shape index (κ2) is 8.56. The standard InChI is InChI=1S/C26H24F3N5O2/c1-4-33-15-21(18-11-23(35)31(2)14-20(18)16-8-6-5-7-9-16)19-10-22(30-24(19)25(33)36)17-12-32(3)34(13-17)26(27,28)29/h5-11,13-15,30H,4,12H2,1-3H3. The molecule has 0 unspecified atom stereocenters. The van der Waals surface area contributed by atoms with Crippen LogP contribution in [0.1, 0.15) is 12.6 Å². The lowest BCUT2D eigenvalue weighted by Crippen LogP contribution is -2.42. The van der Waals surface area contributed by atoms with Crippen LogP contribution in [-0.4, -0.2) is 44.0 Å². The van der Waals surface area contributed by atoms with Crippen LogP contribution in [0.15, 0.2) is 70.6 Å². The summed E-state index contributed by atoms with van der Waals surface area (Å²) in [7, 11) is 3.02. The molecule has 186 valence electrons. The molecule has 0 radical (unpaired) electrons. The summed E-state index contributed by atoms with van der Waals surface area (Å²) in [4.78, 5) is 28.9. The van der Waals surface area contributed by atoms with Crippen LogP contribution in [0.25, 0.3) is 38.7 Å². The van der Waals surface area contributed by atoms with Crippen molar-refractivity contribution in [2.45, 2.75) is 19.8 Å². The number of hydrazine groups is 1. The summed E-state index contributed by atoms with van der Waals surface area (Å²) in [6.45, 7) is 2.23. The smallest absolute Gasteiger partial charge is 0.350 e. The third-order valence-corrected chi connectivity index (χ3v) is 6.46. The molecular formula is C26H24F3N5O2. The maximum absolute atomic E-state index is 13.4. The van der Waals surface area contributed by atoms with E-state index in [1.54, 1.807) is 25.5 Å². The lowest BCUT2D eigenvalue weighted by Gasteiger charge is -2.26. The Hall–Kier alpha value is -4.05. The number of halogens is 3. The average molecular weight is 496 g/mol. The molecule has 1 aliphatic heterocycles. The summed E-state index contributed by atoms with van der Waals surface area (Å²) in [5.41, 5.74) is 3.55. The number of benzene rings is 1. The second-order valence-corrected chi connectivity index (χ2v) is 8.80. The van der Waals surface area contributed by atoms with Crippen LogP contribution >= 0.6 is 0 Å². The fourth-order valence-corrected chi connectivity index (χ4v) is 4.62. The summed E-state index contributed by atoms with van der Waals surface area (Å²) in [5.74, 6) is 0. The number of hydrogen-bond donors (Lipinski definition) is 1. The van der Waals surface area contributed by atoms with Gasteiger partial charge in [0.2, 0.25) is 0 Å². The molecule has 0 aliphatic carbocycles. The lowest BCUT2D eigenvalue weighted by atomic mass is 9.95. The molecule has 0 amide bonds. The van der Waals surface area contributed by atoms with E-state index in [2.05, 4.69) is 4.98 Å². The zero-order valence-corrected chi connectivity index (χ0v) is 19.9. The van der Waals surface area contributed by atoms with Gasteiger partial charge in [-0.05, 0) is 24.1 Å². The number of fused-ring (bicyclic) bond motifs is 1. The maximum Gasteiger partial charge on any atom is 0.498 e. The van der Waals surface area contributed by atoms with Gasteiger partial charge in [0, 0.05) is 79.6 Å². The molecule has 1 N–H and O–H groups in total. The zero-order chi connectivity index (χ0) is 25.8. The van der Waals surface area contributed by atoms with Crippen LogP contribution in [0.2, 0.25) is 0 Å². The first-order chi connectivity index (χ1) is 17.1. The molecule has 0 bridgehead atoms. The largest absolute Gasteiger partial charge is 0.498 e. The van der Waals surface area contributed by atoms with E-state index in [-0.39, 0.29) is 28.2 Å². The second-order valence-electron chi connectivity index (χ2n) is 8.80. The summed E-state index contributed by atoms with van der Waals surface area (Å²) in [6, 6.07) is 12.8. The number of alkyl halides is 3. The van der Waals surface area contributed by atoms with Crippen LogP contribution in [0.4, 0.5) is 13.2 Å². The van der Waals surface area contributed by atoms with Gasteiger partial charge in [0.25, 0.3) is 11.1 Å². The number of hydrogen-bond acceptors (Lipinski definition) is 4. The fourth-order valence-electron chi connectivity index (χ4n) is 4.62. The highest BCUT2D eigenvalue weighted by molar-refractivity contribution is 6.00. The molecule has 7 nitrogen and oxygen atoms in total. The van der Waals surface area contributed by atoms with E-state index in [9.17, 15) is 22.8 Å². The molecular weight excluding hydrogens is 471 g/mol. The van der Waals surface area contributed by atoms with Crippen molar-refractivity contribution >= 4 is 16.5 Å². The van der Waals surface area contributed by atoms with Gasteiger partial charge in [-0.3, -0.25) is 9.59 Å². The lowest BCUT2D eigenvalue weighted by molar-refractivity contribution is -0.280. The molecule has 0 spiro atoms. The van der Waals surface area contributed by atoms with Crippen LogP contribution < -0.4 is 11.1 Å². The summed E-state index contributed by atoms with van der Waals surface area (Å²) < 4.78 is 43.1. The minimum absolute atomic E-state index is 0.0186. The van der Waals surface area contributed by atoms with Gasteiger partial charge in [0.05, 0.1) is 0 Å². The highest BCUT2D eigenvalue weighted by Gasteiger charge is 2.41. The molecule has 0 fully saturated rings. The normalized spacial score (nSPS) is 14.6. The van der Waals surface area contributed by atoms with Gasteiger partial charge in [0.1, 0.15) is 5.52 Å². The van der Waals surface area contributed by atoms with Crippen LogP contribution in [0.3, 0.4) is 0 Å². The van der Waals surface area contributed by atoms with Crippen LogP contribution in [0, 0.1) is 0 Å². The van der Waals surface area contributed by atoms with Gasteiger partial charge in [-0.2, -0.15) is 0 Å². The SMILES string of the molecule is CCn1cc(-c2cc(=O)n(C)cc2-c2ccccc2)c2cc(C3=CN(C(F)(F)F)N(C)C3)[nH]c2c1=O. The Morgan fingerprint density at radius 1 is 0.972 bits per heavy atom. The van der Waals surface area contributed by atoms with Crippen molar-refractivity contribution in [3.63, 3.8) is 0 Å². The molecule has 3 aromatic heterocycles. The molecule has 5 rings (SSSR count). The van der Waals surface area contributed by atoms with Crippen molar-refractivity contribution in [3.05, 3.63) is 87.5 Å². The minimum atomic E-state index is -4.56. The minimum Gasteiger partial charge on any atom is -0.350 e. The molecule has 0 saturated carbocycles. The predicted octanol–water partition coefficient (Wildman–Crippen LogP) is 4.41. The molecule has 0 atom stereocenters. The number of likely N-dealkylation sites (N-methyl/N-ethyl adjacent to an activating group) is 1. The van der Waals surface area contributed by atoms with Crippen molar-refractivity contribution in [2.75, 3.05) is 13.6 Å². The van der Waals surface area contributed by atoms with Crippen molar-refractivity contribution in [1.82, 2.24) is 24.1 Å². The Bertz CT molecular complexity index is 1610. The quantitative estimate of drug-likeness (QED) is 0.426. The number of aryl methyl sites for hydroxylation is 2. The third kappa shape index (κ3) is 3.93. The number of nitrogens with one attached hydrogen (secondary N) is 1. The van der Waals surface area contributed by atoms with E-state index in [0.29, 0.717) is 34.3 Å². The van der Waals surface area contributed by atoms with Gasteiger partial charge in [-0.25, -0.2) is 10.0 Å². The fraction of sp³-hybridized carbons (Fsp3) is 0.231. The monoisotopic (exact) mass is 495 g/mol. The molecule has 1 aromatic carbocycles. The molecule has 4 aromatic rings. The van der Waals surface area contributed by atoms with Gasteiger partial charge in [-0.15, -0.1) is 13.2 Å². The number of rotatable bonds is 4. The Morgan fingerprint density at radius 3 is 2.33 bits per heavy atom. The molecule has 0 saturated heterocycles. The highest BCUT2D eigenvalue weighted by Crippen LogP contribution is 2.37. The Kier molecular flexibility index (Phi) is 5.63. The van der Waals surface area contributed by atoms with E-state index < -0.39 is 6.30 Å². The first kappa shape index (κ1) is 23.7. The Balaban J connectivity index is 1.77. The number of nitrogens with zero attached hydrogens (tertiary/aromatic N) is 4. The Labute approximate surface area is 204 Å². The van der Waals surface area contributed by atoms with Gasteiger partial charge < -0.3 is 14.1 Å². The first-order valence-corrected chi connectivity index (χ1v) is 11.4. The van der Waals surface area contributed by atoms with E-state index in [4.69, 9.17) is 0 Å². The summed E-state index contributed by atoms with van der Waals surface area (Å²) in [5, 5.41) is 1.81. The average Bonchev–Trinajstić information content (AvgIpc) is 3.46. The van der Waals surface area contributed by atoms with Gasteiger partial charge >= 0.3 is 6.30 Å².